The zero-order chi connectivity index (χ0) is 20.7. The first-order valence-electron chi connectivity index (χ1n) is 9.47. The van der Waals surface area contributed by atoms with Crippen LogP contribution in [0.1, 0.15) is 22.6 Å². The number of amides is 1. The summed E-state index contributed by atoms with van der Waals surface area (Å²) in [6.07, 6.45) is 1.76. The molecule has 0 saturated carbocycles. The minimum atomic E-state index is -0.738. The van der Waals surface area contributed by atoms with Gasteiger partial charge < -0.3 is 10.5 Å². The zero-order valence-electron chi connectivity index (χ0n) is 15.7. The summed E-state index contributed by atoms with van der Waals surface area (Å²) in [5.74, 6) is -1.35. The van der Waals surface area contributed by atoms with Crippen molar-refractivity contribution in [3.63, 3.8) is 0 Å². The Balaban J connectivity index is 1.81. The third kappa shape index (κ3) is 2.90. The predicted molar refractivity (Wildman–Crippen MR) is 119 cm³/mol. The smallest absolute Gasteiger partial charge is 0.234 e. The molecule has 1 aliphatic rings. The lowest BCUT2D eigenvalue weighted by Crippen LogP contribution is -2.40. The van der Waals surface area contributed by atoms with Crippen LogP contribution in [0, 0.1) is 5.92 Å². The standard InChI is InChI=1S/C23H17BrN4O2/c24-16-9-5-4-8-15(16)18-19-17(11-10-14-12-25-27-21(14)19)26-23(29)20(18)22(28-30)13-6-2-1-3-7-13/h1-12,18,20,30H,(H,25,27)(H,26,29)/b28-22-/t18-,20-/m0/s1. The highest BCUT2D eigenvalue weighted by Gasteiger charge is 2.42. The quantitative estimate of drug-likeness (QED) is 0.230. The highest BCUT2D eigenvalue weighted by molar-refractivity contribution is 9.10. The van der Waals surface area contributed by atoms with Crippen LogP contribution >= 0.6 is 15.9 Å². The Labute approximate surface area is 180 Å². The van der Waals surface area contributed by atoms with Crippen molar-refractivity contribution in [3.05, 3.63) is 94.1 Å². The first-order chi connectivity index (χ1) is 14.7. The molecule has 3 aromatic carbocycles. The molecular formula is C23H17BrN4O2. The van der Waals surface area contributed by atoms with Gasteiger partial charge in [-0.25, -0.2) is 0 Å². The highest BCUT2D eigenvalue weighted by atomic mass is 79.9. The number of aromatic nitrogens is 2. The van der Waals surface area contributed by atoms with Gasteiger partial charge in [0.05, 0.1) is 17.6 Å². The second-order valence-electron chi connectivity index (χ2n) is 7.18. The lowest BCUT2D eigenvalue weighted by Gasteiger charge is -2.34. The van der Waals surface area contributed by atoms with Gasteiger partial charge >= 0.3 is 0 Å². The normalized spacial score (nSPS) is 18.8. The monoisotopic (exact) mass is 460 g/mol. The number of carbonyl (C=O) groups excluding carboxylic acids is 1. The first-order valence-corrected chi connectivity index (χ1v) is 10.3. The van der Waals surface area contributed by atoms with E-state index < -0.39 is 5.92 Å². The maximum absolute atomic E-state index is 13.4. The molecule has 3 N–H and O–H groups in total. The summed E-state index contributed by atoms with van der Waals surface area (Å²) in [5, 5.41) is 24.8. The van der Waals surface area contributed by atoms with Crippen molar-refractivity contribution < 1.29 is 10.0 Å². The third-order valence-electron chi connectivity index (χ3n) is 5.55. The molecule has 148 valence electrons. The Morgan fingerprint density at radius 1 is 1.03 bits per heavy atom. The molecule has 4 aromatic rings. The Bertz CT molecular complexity index is 1280. The Morgan fingerprint density at radius 2 is 1.80 bits per heavy atom. The lowest BCUT2D eigenvalue weighted by atomic mass is 9.73. The minimum absolute atomic E-state index is 0.223. The van der Waals surface area contributed by atoms with E-state index in [0.717, 1.165) is 32.2 Å². The molecule has 0 unspecified atom stereocenters. The maximum atomic E-state index is 13.4. The molecular weight excluding hydrogens is 444 g/mol. The molecule has 0 saturated heterocycles. The van der Waals surface area contributed by atoms with Crippen LogP contribution in [0.15, 0.2) is 82.6 Å². The third-order valence-corrected chi connectivity index (χ3v) is 6.28. The van der Waals surface area contributed by atoms with E-state index in [1.165, 1.54) is 0 Å². The molecule has 2 heterocycles. The molecule has 0 spiro atoms. The summed E-state index contributed by atoms with van der Waals surface area (Å²) in [6, 6.07) is 20.9. The first kappa shape index (κ1) is 18.6. The van der Waals surface area contributed by atoms with Crippen LogP contribution in [-0.2, 0) is 4.79 Å². The van der Waals surface area contributed by atoms with Crippen molar-refractivity contribution >= 4 is 44.1 Å². The SMILES string of the molecule is O=C1Nc2ccc3cn[nH]c3c2[C@H](c2ccccc2Br)[C@H]1/C(=N\O)c1ccccc1. The summed E-state index contributed by atoms with van der Waals surface area (Å²) in [5.41, 5.74) is 4.42. The van der Waals surface area contributed by atoms with E-state index in [1.807, 2.05) is 66.7 Å². The van der Waals surface area contributed by atoms with Crippen LogP contribution in [0.3, 0.4) is 0 Å². The number of aromatic amines is 1. The Morgan fingerprint density at radius 3 is 2.57 bits per heavy atom. The number of hydrogen-bond donors (Lipinski definition) is 3. The number of oxime groups is 1. The van der Waals surface area contributed by atoms with Gasteiger partial charge in [0, 0.05) is 32.6 Å². The maximum Gasteiger partial charge on any atom is 0.234 e. The summed E-state index contributed by atoms with van der Waals surface area (Å²) >= 11 is 3.65. The zero-order valence-corrected chi connectivity index (χ0v) is 17.3. The fourth-order valence-electron chi connectivity index (χ4n) is 4.25. The molecule has 5 rings (SSSR count). The van der Waals surface area contributed by atoms with Crippen LogP contribution in [-0.4, -0.2) is 27.0 Å². The number of nitrogens with zero attached hydrogens (tertiary/aromatic N) is 2. The van der Waals surface area contributed by atoms with Gasteiger partial charge in [0.25, 0.3) is 0 Å². The van der Waals surface area contributed by atoms with E-state index in [4.69, 9.17) is 0 Å². The van der Waals surface area contributed by atoms with E-state index in [1.54, 1.807) is 6.20 Å². The van der Waals surface area contributed by atoms with Gasteiger partial charge in [-0.2, -0.15) is 5.10 Å². The number of halogens is 1. The summed E-state index contributed by atoms with van der Waals surface area (Å²) < 4.78 is 0.877. The lowest BCUT2D eigenvalue weighted by molar-refractivity contribution is -0.118. The fraction of sp³-hybridized carbons (Fsp3) is 0.0870. The molecule has 0 fully saturated rings. The number of rotatable bonds is 3. The van der Waals surface area contributed by atoms with Crippen molar-refractivity contribution in [2.24, 2.45) is 11.1 Å². The Hall–Kier alpha value is -3.45. The van der Waals surface area contributed by atoms with E-state index in [-0.39, 0.29) is 11.8 Å². The molecule has 30 heavy (non-hydrogen) atoms. The average molecular weight is 461 g/mol. The van der Waals surface area contributed by atoms with Crippen molar-refractivity contribution in [2.75, 3.05) is 5.32 Å². The number of nitrogens with one attached hydrogen (secondary N) is 2. The molecule has 1 aromatic heterocycles. The van der Waals surface area contributed by atoms with Gasteiger partial charge in [-0.3, -0.25) is 9.89 Å². The van der Waals surface area contributed by atoms with Crippen LogP contribution in [0.25, 0.3) is 10.9 Å². The highest BCUT2D eigenvalue weighted by Crippen LogP contribution is 2.46. The molecule has 1 aliphatic heterocycles. The Kier molecular flexibility index (Phi) is 4.59. The van der Waals surface area contributed by atoms with Crippen LogP contribution in [0.5, 0.6) is 0 Å². The minimum Gasteiger partial charge on any atom is -0.411 e. The number of fused-ring (bicyclic) bond motifs is 3. The van der Waals surface area contributed by atoms with Crippen LogP contribution in [0.4, 0.5) is 5.69 Å². The van der Waals surface area contributed by atoms with E-state index >= 15 is 0 Å². The van der Waals surface area contributed by atoms with Gasteiger partial charge in [-0.15, -0.1) is 0 Å². The van der Waals surface area contributed by atoms with Gasteiger partial charge in [-0.1, -0.05) is 69.6 Å². The number of benzene rings is 3. The fourth-order valence-corrected chi connectivity index (χ4v) is 4.78. The summed E-state index contributed by atoms with van der Waals surface area (Å²) in [6.45, 7) is 0. The van der Waals surface area contributed by atoms with Gasteiger partial charge in [0.15, 0.2) is 0 Å². The largest absolute Gasteiger partial charge is 0.411 e. The molecule has 7 heteroatoms. The van der Waals surface area contributed by atoms with Crippen molar-refractivity contribution in [1.29, 1.82) is 0 Å². The van der Waals surface area contributed by atoms with Gasteiger partial charge in [0.1, 0.15) is 5.71 Å². The number of carbonyl (C=O) groups is 1. The molecule has 0 aliphatic carbocycles. The predicted octanol–water partition coefficient (Wildman–Crippen LogP) is 4.90. The molecule has 1 amide bonds. The second kappa shape index (κ2) is 7.42. The van der Waals surface area contributed by atoms with Gasteiger partial charge in [0.2, 0.25) is 5.91 Å². The van der Waals surface area contributed by atoms with E-state index in [2.05, 4.69) is 36.6 Å². The van der Waals surface area contributed by atoms with E-state index in [9.17, 15) is 10.0 Å². The molecule has 2 atom stereocenters. The van der Waals surface area contributed by atoms with Gasteiger partial charge in [-0.05, 0) is 23.8 Å². The van der Waals surface area contributed by atoms with E-state index in [0.29, 0.717) is 11.3 Å². The second-order valence-corrected chi connectivity index (χ2v) is 8.03. The topological polar surface area (TPSA) is 90.4 Å². The van der Waals surface area contributed by atoms with Crippen molar-refractivity contribution in [3.8, 4) is 0 Å². The summed E-state index contributed by atoms with van der Waals surface area (Å²) in [7, 11) is 0. The molecule has 6 nitrogen and oxygen atoms in total. The number of H-pyrrole nitrogens is 1. The summed E-state index contributed by atoms with van der Waals surface area (Å²) in [4.78, 5) is 13.4. The average Bonchev–Trinajstić information content (AvgIpc) is 3.25. The van der Waals surface area contributed by atoms with Crippen LogP contribution in [0.2, 0.25) is 0 Å². The van der Waals surface area contributed by atoms with Crippen molar-refractivity contribution in [2.45, 2.75) is 5.92 Å². The number of anilines is 1. The molecule has 0 bridgehead atoms. The van der Waals surface area contributed by atoms with Crippen molar-refractivity contribution in [1.82, 2.24) is 10.2 Å². The molecule has 0 radical (unpaired) electrons. The van der Waals surface area contributed by atoms with Crippen LogP contribution < -0.4 is 5.32 Å². The number of hydrogen-bond acceptors (Lipinski definition) is 4.